The van der Waals surface area contributed by atoms with Crippen LogP contribution in [0.1, 0.15) is 34.1 Å². The number of hydrogen-bond donors (Lipinski definition) is 2. The van der Waals surface area contributed by atoms with Crippen LogP contribution in [-0.4, -0.2) is 48.3 Å². The summed E-state index contributed by atoms with van der Waals surface area (Å²) < 4.78 is 22.2. The Hall–Kier alpha value is -3.37. The summed E-state index contributed by atoms with van der Waals surface area (Å²) in [4.78, 5) is 29.7. The highest BCUT2D eigenvalue weighted by Crippen LogP contribution is 2.34. The van der Waals surface area contributed by atoms with Crippen LogP contribution >= 0.6 is 0 Å². The number of quaternary nitrogens is 1. The van der Waals surface area contributed by atoms with Gasteiger partial charge in [-0.25, -0.2) is 14.8 Å². The Balaban J connectivity index is 2.31. The Morgan fingerprint density at radius 2 is 1.70 bits per heavy atom. The van der Waals surface area contributed by atoms with Crippen molar-refractivity contribution in [2.24, 2.45) is 11.8 Å². The predicted molar refractivity (Wildman–Crippen MR) is 118 cm³/mol. The largest absolute Gasteiger partial charge is 0.514 e. The number of nitrogens with zero attached hydrogens (tertiary/aromatic N) is 1. The van der Waals surface area contributed by atoms with Gasteiger partial charge in [0.15, 0.2) is 0 Å². The van der Waals surface area contributed by atoms with Gasteiger partial charge in [-0.2, -0.15) is 5.48 Å². The maximum atomic E-state index is 12.2. The number of carbonyl (C=O) groups excluding carboxylic acids is 2. The second-order valence-corrected chi connectivity index (χ2v) is 8.07. The van der Waals surface area contributed by atoms with Crippen molar-refractivity contribution < 1.29 is 48.8 Å². The Kier molecular flexibility index (Phi) is 9.89. The van der Waals surface area contributed by atoms with Crippen LogP contribution in [0.5, 0.6) is 5.75 Å². The highest BCUT2D eigenvalue weighted by atomic mass is 16.7. The van der Waals surface area contributed by atoms with E-state index >= 15 is 0 Å². The molecule has 180 valence electrons. The molecule has 0 unspecified atom stereocenters. The Morgan fingerprint density at radius 1 is 1.06 bits per heavy atom. The lowest BCUT2D eigenvalue weighted by molar-refractivity contribution is -0.830. The molecule has 0 aliphatic heterocycles. The number of para-hydroxylation sites is 1. The summed E-state index contributed by atoms with van der Waals surface area (Å²) >= 11 is 0. The summed E-state index contributed by atoms with van der Waals surface area (Å²) in [6.07, 6.45) is 3.56. The minimum absolute atomic E-state index is 0.114. The van der Waals surface area contributed by atoms with Crippen molar-refractivity contribution in [3.05, 3.63) is 42.2 Å². The van der Waals surface area contributed by atoms with E-state index in [0.717, 1.165) is 5.48 Å². The van der Waals surface area contributed by atoms with Crippen LogP contribution in [0.4, 0.5) is 21.0 Å². The van der Waals surface area contributed by atoms with Crippen LogP contribution in [0, 0.1) is 11.8 Å². The Bertz CT molecular complexity index is 934. The van der Waals surface area contributed by atoms with Gasteiger partial charge in [-0.15, -0.1) is 0 Å². The smallest absolute Gasteiger partial charge is 0.434 e. The molecule has 1 aromatic carbocycles. The van der Waals surface area contributed by atoms with Crippen molar-refractivity contribution in [3.63, 3.8) is 0 Å². The second-order valence-electron chi connectivity index (χ2n) is 8.07. The normalized spacial score (nSPS) is 14.6. The second kappa shape index (κ2) is 12.6. The lowest BCUT2D eigenvalue weighted by atomic mass is 10.1. The first-order chi connectivity index (χ1) is 15.7. The highest BCUT2D eigenvalue weighted by Gasteiger charge is 2.33. The zero-order valence-electron chi connectivity index (χ0n) is 19.6. The van der Waals surface area contributed by atoms with Gasteiger partial charge in [0.05, 0.1) is 19.6 Å². The topological polar surface area (TPSA) is 120 Å². The average Bonchev–Trinajstić information content (AvgIpc) is 2.78. The van der Waals surface area contributed by atoms with Crippen molar-refractivity contribution >= 4 is 29.4 Å². The van der Waals surface area contributed by atoms with Crippen molar-refractivity contribution in [1.82, 2.24) is 0 Å². The summed E-state index contributed by atoms with van der Waals surface area (Å²) in [7, 11) is 1.42. The summed E-state index contributed by atoms with van der Waals surface area (Å²) in [5, 5.41) is 9.77. The third kappa shape index (κ3) is 7.92. The highest BCUT2D eigenvalue weighted by molar-refractivity contribution is 5.95. The van der Waals surface area contributed by atoms with E-state index in [0.29, 0.717) is 17.2 Å². The Labute approximate surface area is 192 Å². The predicted octanol–water partition coefficient (Wildman–Crippen LogP) is 3.74. The first-order valence-corrected chi connectivity index (χ1v) is 10.6. The summed E-state index contributed by atoms with van der Waals surface area (Å²) in [6.45, 7) is 8.11. The first kappa shape index (κ1) is 25.9. The lowest BCUT2D eigenvalue weighted by Gasteiger charge is -2.13. The molecule has 0 aromatic heterocycles. The molecule has 0 heterocycles. The molecule has 1 aromatic rings. The molecular formula is C23H32N2O8+2. The number of nitrogens with two attached hydrogens (primary N) is 1. The minimum atomic E-state index is -0.878. The standard InChI is InChI=1S/C23H31N2O8/c1-15(2)13-30-22(26)32-18-9-6-8-17(12-18)25(29-5)21-19(24-28)10-7-11-20(21)33-23(27)31-14-16(3)4/h6-11,15-16,24,28H,12-14H2,1-5H3/q+1/p+1/b25-17+. The number of carbonyl (C=O) groups is 2. The molecule has 0 saturated heterocycles. The summed E-state index contributed by atoms with van der Waals surface area (Å²) in [5.74, 6) is 0.779. The van der Waals surface area contributed by atoms with Crippen molar-refractivity contribution in [2.45, 2.75) is 34.1 Å². The molecule has 0 radical (unpaired) electrons. The van der Waals surface area contributed by atoms with E-state index in [1.165, 1.54) is 11.8 Å². The van der Waals surface area contributed by atoms with Gasteiger partial charge in [0, 0.05) is 16.9 Å². The Morgan fingerprint density at radius 3 is 2.27 bits per heavy atom. The molecule has 33 heavy (non-hydrogen) atoms. The lowest BCUT2D eigenvalue weighted by Crippen LogP contribution is -2.74. The number of allylic oxidation sites excluding steroid dienone is 4. The van der Waals surface area contributed by atoms with Crippen LogP contribution in [0.2, 0.25) is 0 Å². The fourth-order valence-electron chi connectivity index (χ4n) is 2.79. The van der Waals surface area contributed by atoms with Gasteiger partial charge in [0.1, 0.15) is 12.9 Å². The van der Waals surface area contributed by atoms with Gasteiger partial charge in [0.25, 0.3) is 0 Å². The molecule has 0 atom stereocenters. The fraction of sp³-hybridized carbons (Fsp3) is 0.435. The van der Waals surface area contributed by atoms with Crippen LogP contribution in [0.15, 0.2) is 42.2 Å². The third-order valence-electron chi connectivity index (χ3n) is 4.22. The third-order valence-corrected chi connectivity index (χ3v) is 4.22. The first-order valence-electron chi connectivity index (χ1n) is 10.6. The van der Waals surface area contributed by atoms with E-state index in [1.807, 2.05) is 27.7 Å². The molecule has 3 N–H and O–H groups in total. The van der Waals surface area contributed by atoms with Gasteiger partial charge in [-0.05, 0) is 24.0 Å². The van der Waals surface area contributed by atoms with E-state index in [1.54, 1.807) is 36.4 Å². The van der Waals surface area contributed by atoms with E-state index < -0.39 is 12.3 Å². The van der Waals surface area contributed by atoms with Crippen molar-refractivity contribution in [1.29, 1.82) is 0 Å². The molecule has 0 saturated carbocycles. The van der Waals surface area contributed by atoms with Gasteiger partial charge < -0.3 is 18.9 Å². The molecule has 0 fully saturated rings. The van der Waals surface area contributed by atoms with Gasteiger partial charge >= 0.3 is 18.0 Å². The molecule has 2 rings (SSSR count). The molecule has 10 nitrogen and oxygen atoms in total. The van der Waals surface area contributed by atoms with Gasteiger partial charge in [-0.1, -0.05) is 39.8 Å². The van der Waals surface area contributed by atoms with Gasteiger partial charge in [-0.3, -0.25) is 4.84 Å². The monoisotopic (exact) mass is 464 g/mol. The zero-order valence-corrected chi connectivity index (χ0v) is 19.6. The molecule has 0 amide bonds. The van der Waals surface area contributed by atoms with Crippen molar-refractivity contribution in [3.8, 4) is 5.75 Å². The number of benzene rings is 1. The quantitative estimate of drug-likeness (QED) is 0.186. The van der Waals surface area contributed by atoms with E-state index in [4.69, 9.17) is 23.8 Å². The minimum Gasteiger partial charge on any atom is -0.434 e. The summed E-state index contributed by atoms with van der Waals surface area (Å²) in [5.41, 5.74) is 2.03. The molecule has 0 bridgehead atoms. The maximum Gasteiger partial charge on any atom is 0.514 e. The van der Waals surface area contributed by atoms with Crippen LogP contribution in [0.3, 0.4) is 0 Å². The summed E-state index contributed by atoms with van der Waals surface area (Å²) in [6, 6.07) is 4.79. The van der Waals surface area contributed by atoms with Crippen LogP contribution < -0.4 is 10.2 Å². The van der Waals surface area contributed by atoms with Crippen molar-refractivity contribution in [2.75, 3.05) is 20.3 Å². The van der Waals surface area contributed by atoms with E-state index in [-0.39, 0.29) is 42.9 Å². The molecular weight excluding hydrogens is 432 g/mol. The number of ether oxygens (including phenoxy) is 4. The maximum absolute atomic E-state index is 12.2. The molecule has 0 spiro atoms. The van der Waals surface area contributed by atoms with Crippen LogP contribution in [-0.2, 0) is 19.0 Å². The zero-order chi connectivity index (χ0) is 24.4. The average molecular weight is 465 g/mol. The fourth-order valence-corrected chi connectivity index (χ4v) is 2.79. The van der Waals surface area contributed by atoms with E-state index in [9.17, 15) is 14.8 Å². The number of hydrogen-bond acceptors (Lipinski definition) is 8. The SMILES string of the molecule is CO/[N+](=C1\C=CC=C(OC(=O)OCC(C)C)C1)c1c([NH2+]O)cccc1OC(=O)OCC(C)C. The molecule has 1 aliphatic rings. The molecule has 1 aliphatic carbocycles. The number of rotatable bonds is 9. The molecule has 10 heteroatoms. The van der Waals surface area contributed by atoms with Gasteiger partial charge in [0.2, 0.25) is 17.1 Å². The van der Waals surface area contributed by atoms with Crippen LogP contribution in [0.25, 0.3) is 0 Å². The van der Waals surface area contributed by atoms with E-state index in [2.05, 4.69) is 0 Å².